The molecule has 3 aliphatic rings. The molecule has 10 nitrogen and oxygen atoms in total. The molecule has 0 spiro atoms. The number of carbonyl (C=O) groups excluding carboxylic acids is 3. The quantitative estimate of drug-likeness (QED) is 0.0746. The van der Waals surface area contributed by atoms with E-state index in [1.165, 1.54) is 14.2 Å². The minimum Gasteiger partial charge on any atom is -0.495 e. The second-order valence-corrected chi connectivity index (χ2v) is 13.5. The van der Waals surface area contributed by atoms with Crippen molar-refractivity contribution in [1.29, 1.82) is 0 Å². The van der Waals surface area contributed by atoms with E-state index < -0.39 is 5.60 Å². The summed E-state index contributed by atoms with van der Waals surface area (Å²) >= 11 is 1.89. The zero-order chi connectivity index (χ0) is 33.6. The lowest BCUT2D eigenvalue weighted by Gasteiger charge is -2.29. The number of fused-ring (bicyclic) bond motifs is 2. The number of ketones is 1. The van der Waals surface area contributed by atoms with Crippen molar-refractivity contribution < 1.29 is 33.3 Å². The zero-order valence-electron chi connectivity index (χ0n) is 27.4. The van der Waals surface area contributed by atoms with Crippen LogP contribution >= 0.6 is 11.8 Å². The fourth-order valence-electron chi connectivity index (χ4n) is 5.92. The van der Waals surface area contributed by atoms with Gasteiger partial charge in [0.2, 0.25) is 5.91 Å². The molecular weight excluding hydrogens is 618 g/mol. The molecule has 3 N–H and O–H groups in total. The van der Waals surface area contributed by atoms with Gasteiger partial charge in [0.25, 0.3) is 0 Å². The van der Waals surface area contributed by atoms with Gasteiger partial charge in [-0.15, -0.1) is 0 Å². The van der Waals surface area contributed by atoms with Crippen molar-refractivity contribution in [3.05, 3.63) is 71.8 Å². The highest BCUT2D eigenvalue weighted by Gasteiger charge is 2.42. The summed E-state index contributed by atoms with van der Waals surface area (Å²) in [6.45, 7) is 8.68. The van der Waals surface area contributed by atoms with Crippen LogP contribution < -0.4 is 34.9 Å². The Labute approximate surface area is 280 Å². The Morgan fingerprint density at radius 1 is 1.11 bits per heavy atom. The molecule has 0 aromatic heterocycles. The van der Waals surface area contributed by atoms with Gasteiger partial charge in [-0.25, -0.2) is 4.79 Å². The molecule has 5 rings (SSSR count). The molecule has 2 saturated heterocycles. The maximum absolute atomic E-state index is 13.5. The number of methoxy groups -OCH3 is 2. The summed E-state index contributed by atoms with van der Waals surface area (Å²) in [5.41, 5.74) is 1.54. The van der Waals surface area contributed by atoms with Crippen LogP contribution in [0.25, 0.3) is 11.6 Å². The van der Waals surface area contributed by atoms with Crippen molar-refractivity contribution in [2.75, 3.05) is 33.1 Å². The second-order valence-electron chi connectivity index (χ2n) is 12.2. The maximum Gasteiger partial charge on any atom is 0.315 e. The van der Waals surface area contributed by atoms with E-state index in [0.29, 0.717) is 57.9 Å². The highest BCUT2D eigenvalue weighted by Crippen LogP contribution is 2.41. The Morgan fingerprint density at radius 3 is 2.72 bits per heavy atom. The number of thioether (sulfide) groups is 1. The molecule has 0 unspecified atom stereocenters. The van der Waals surface area contributed by atoms with Crippen molar-refractivity contribution in [3.8, 4) is 23.0 Å². The molecule has 11 heteroatoms. The third-order valence-corrected chi connectivity index (χ3v) is 9.92. The monoisotopic (exact) mass is 661 g/mol. The number of carbonyl (C=O) groups is 3. The fraction of sp³-hybridized carbons (Fsp3) is 0.417. The first-order chi connectivity index (χ1) is 22.6. The lowest BCUT2D eigenvalue weighted by Crippen LogP contribution is -2.36. The first-order valence-electron chi connectivity index (χ1n) is 15.8. The van der Waals surface area contributed by atoms with Crippen LogP contribution in [0.5, 0.6) is 23.0 Å². The number of rotatable bonds is 15. The van der Waals surface area contributed by atoms with Gasteiger partial charge < -0.3 is 34.9 Å². The predicted octanol–water partition coefficient (Wildman–Crippen LogP) is 5.56. The maximum atomic E-state index is 13.5. The van der Waals surface area contributed by atoms with Crippen LogP contribution in [0.1, 0.15) is 61.0 Å². The first kappa shape index (κ1) is 34.0. The van der Waals surface area contributed by atoms with E-state index in [1.807, 2.05) is 49.9 Å². The topological polar surface area (TPSA) is 124 Å². The van der Waals surface area contributed by atoms with Gasteiger partial charge in [0, 0.05) is 29.5 Å². The van der Waals surface area contributed by atoms with Crippen LogP contribution in [-0.2, 0) is 4.79 Å². The molecule has 47 heavy (non-hydrogen) atoms. The molecule has 2 aromatic carbocycles. The van der Waals surface area contributed by atoms with E-state index in [4.69, 9.17) is 18.9 Å². The molecule has 250 valence electrons. The highest BCUT2D eigenvalue weighted by atomic mass is 32.2. The number of hydrogen-bond acceptors (Lipinski definition) is 8. The van der Waals surface area contributed by atoms with Gasteiger partial charge in [-0.1, -0.05) is 25.1 Å². The highest BCUT2D eigenvalue weighted by molar-refractivity contribution is 8.00. The van der Waals surface area contributed by atoms with Crippen LogP contribution in [0.2, 0.25) is 0 Å². The second kappa shape index (κ2) is 15.0. The Bertz CT molecular complexity index is 1580. The van der Waals surface area contributed by atoms with E-state index in [9.17, 15) is 14.4 Å². The van der Waals surface area contributed by atoms with Crippen LogP contribution in [0.4, 0.5) is 4.79 Å². The van der Waals surface area contributed by atoms with Crippen LogP contribution in [0, 0.1) is 0 Å². The normalized spacial score (nSPS) is 20.4. The summed E-state index contributed by atoms with van der Waals surface area (Å²) in [6, 6.07) is 9.07. The van der Waals surface area contributed by atoms with Gasteiger partial charge in [-0.3, -0.25) is 9.59 Å². The van der Waals surface area contributed by atoms with Crippen LogP contribution in [0.3, 0.4) is 0 Å². The number of unbranched alkanes of at least 4 members (excludes halogenated alkanes) is 1. The van der Waals surface area contributed by atoms with Gasteiger partial charge >= 0.3 is 6.03 Å². The molecule has 0 radical (unpaired) electrons. The first-order valence-corrected chi connectivity index (χ1v) is 16.9. The number of allylic oxidation sites excluding steroid dienone is 1. The lowest BCUT2D eigenvalue weighted by atomic mass is 9.93. The van der Waals surface area contributed by atoms with Crippen LogP contribution in [0.15, 0.2) is 55.1 Å². The standard InChI is InChI=1S/C36H43N3O7S/c1-22(33(41)25-13-15-27-24(34(25)44-5)16-17-36(2,3)46-27)23-12-14-28(29(20-23)43-4)45-19-9-8-18-37-31(40)11-7-6-10-30-32-26(21-47-30)38-35(42)39-32/h8-9,12-17,20,26,30,32H,1,6-7,10-11,18-19,21H2,2-5H3,(H,37,40)(H2,38,39,42)/b9-8+/t26-,30-,32-/m0/s1. The van der Waals surface area contributed by atoms with Gasteiger partial charge in [0.05, 0.1) is 37.4 Å². The summed E-state index contributed by atoms with van der Waals surface area (Å²) in [6.07, 6.45) is 10.7. The molecular formula is C36H43N3O7S. The molecule has 3 aliphatic heterocycles. The molecule has 0 aliphatic carbocycles. The Morgan fingerprint density at radius 2 is 1.94 bits per heavy atom. The number of Topliss-reactive ketones (excluding diaryl/α,β-unsaturated/α-hetero) is 1. The number of ether oxygens (including phenoxy) is 4. The number of benzene rings is 2. The summed E-state index contributed by atoms with van der Waals surface area (Å²) in [5, 5.41) is 9.28. The molecule has 3 heterocycles. The van der Waals surface area contributed by atoms with Crippen molar-refractivity contribution in [1.82, 2.24) is 16.0 Å². The van der Waals surface area contributed by atoms with E-state index in [0.717, 1.165) is 25.0 Å². The predicted molar refractivity (Wildman–Crippen MR) is 185 cm³/mol. The van der Waals surface area contributed by atoms with E-state index in [2.05, 4.69) is 22.5 Å². The molecule has 3 atom stereocenters. The van der Waals surface area contributed by atoms with Gasteiger partial charge in [0.15, 0.2) is 17.3 Å². The zero-order valence-corrected chi connectivity index (χ0v) is 28.2. The summed E-state index contributed by atoms with van der Waals surface area (Å²) < 4.78 is 23.1. The minimum atomic E-state index is -0.449. The van der Waals surface area contributed by atoms with Crippen molar-refractivity contribution >= 4 is 41.1 Å². The Balaban J connectivity index is 1.06. The van der Waals surface area contributed by atoms with Gasteiger partial charge in [-0.2, -0.15) is 11.8 Å². The average Bonchev–Trinajstić information content (AvgIpc) is 3.61. The number of nitrogens with one attached hydrogen (secondary N) is 3. The summed E-state index contributed by atoms with van der Waals surface area (Å²) in [7, 11) is 3.07. The van der Waals surface area contributed by atoms with E-state index in [1.54, 1.807) is 30.3 Å². The van der Waals surface area contributed by atoms with Gasteiger partial charge in [-0.05, 0) is 74.7 Å². The smallest absolute Gasteiger partial charge is 0.315 e. The third-order valence-electron chi connectivity index (χ3n) is 8.41. The minimum absolute atomic E-state index is 0.0112. The third kappa shape index (κ3) is 8.13. The largest absolute Gasteiger partial charge is 0.495 e. The Hall–Kier alpha value is -4.38. The van der Waals surface area contributed by atoms with Crippen molar-refractivity contribution in [2.24, 2.45) is 0 Å². The summed E-state index contributed by atoms with van der Waals surface area (Å²) in [4.78, 5) is 37.3. The SMILES string of the molecule is C=C(C(=O)c1ccc2c(c1OC)C=CC(C)(C)O2)c1ccc(OC/C=C/CNC(=O)CCCC[C@@H]2SC[C@@H]3NC(=O)N[C@@H]32)c(OC)c1. The average molecular weight is 662 g/mol. The summed E-state index contributed by atoms with van der Waals surface area (Å²) in [5.74, 6) is 2.75. The molecule has 3 amide bonds. The Kier molecular flexibility index (Phi) is 10.9. The van der Waals surface area contributed by atoms with Crippen LogP contribution in [-0.4, -0.2) is 73.8 Å². The molecule has 0 bridgehead atoms. The molecule has 2 aromatic rings. The van der Waals surface area contributed by atoms with Gasteiger partial charge in [0.1, 0.15) is 23.7 Å². The molecule has 2 fully saturated rings. The molecule has 0 saturated carbocycles. The number of urea groups is 1. The van der Waals surface area contributed by atoms with E-state index in [-0.39, 0.29) is 42.0 Å². The number of amides is 3. The van der Waals surface area contributed by atoms with Crippen molar-refractivity contribution in [2.45, 2.75) is 62.5 Å². The number of hydrogen-bond donors (Lipinski definition) is 3. The van der Waals surface area contributed by atoms with E-state index >= 15 is 0 Å². The van der Waals surface area contributed by atoms with Crippen molar-refractivity contribution in [3.63, 3.8) is 0 Å². The fourth-order valence-corrected chi connectivity index (χ4v) is 7.46. The lowest BCUT2D eigenvalue weighted by molar-refractivity contribution is -0.121.